The molecule has 90 valence electrons. The lowest BCUT2D eigenvalue weighted by atomic mass is 10.0. The van der Waals surface area contributed by atoms with Crippen molar-refractivity contribution in [3.05, 3.63) is 0 Å². The lowest BCUT2D eigenvalue weighted by molar-refractivity contribution is -0.120. The second-order valence-corrected chi connectivity index (χ2v) is 5.20. The van der Waals surface area contributed by atoms with Gasteiger partial charge in [0.15, 0.2) is 5.78 Å². The summed E-state index contributed by atoms with van der Waals surface area (Å²) in [5.74, 6) is 1.09. The van der Waals surface area contributed by atoms with E-state index in [-0.39, 0.29) is 24.5 Å². The SMILES string of the molecule is CC(C)[C@H]1COC(=O)N1CC(=O)CC1CC1. The molecule has 2 fully saturated rings. The van der Waals surface area contributed by atoms with Gasteiger partial charge >= 0.3 is 6.09 Å². The van der Waals surface area contributed by atoms with Crippen molar-refractivity contribution >= 4 is 11.9 Å². The number of Topliss-reactive ketones (excluding diaryl/α,β-unsaturated/α-hetero) is 1. The Bertz CT molecular complexity index is 297. The normalized spacial score (nSPS) is 25.1. The van der Waals surface area contributed by atoms with Gasteiger partial charge in [-0.25, -0.2) is 4.79 Å². The van der Waals surface area contributed by atoms with E-state index >= 15 is 0 Å². The Hall–Kier alpha value is -1.06. The first-order valence-electron chi connectivity index (χ1n) is 6.03. The van der Waals surface area contributed by atoms with Gasteiger partial charge in [-0.15, -0.1) is 0 Å². The average molecular weight is 225 g/mol. The largest absolute Gasteiger partial charge is 0.447 e. The molecule has 1 atom stereocenters. The van der Waals surface area contributed by atoms with Crippen LogP contribution in [0.4, 0.5) is 4.79 Å². The van der Waals surface area contributed by atoms with Crippen LogP contribution in [-0.4, -0.2) is 36.0 Å². The summed E-state index contributed by atoms with van der Waals surface area (Å²) in [5, 5.41) is 0. The summed E-state index contributed by atoms with van der Waals surface area (Å²) in [6.45, 7) is 4.75. The lowest BCUT2D eigenvalue weighted by Crippen LogP contribution is -2.40. The second kappa shape index (κ2) is 4.44. The zero-order valence-corrected chi connectivity index (χ0v) is 9.94. The molecule has 0 unspecified atom stereocenters. The van der Waals surface area contributed by atoms with Crippen molar-refractivity contribution in [2.75, 3.05) is 13.2 Å². The highest BCUT2D eigenvalue weighted by Gasteiger charge is 2.36. The predicted molar refractivity (Wildman–Crippen MR) is 59.0 cm³/mol. The Morgan fingerprint density at radius 2 is 2.19 bits per heavy atom. The molecular weight excluding hydrogens is 206 g/mol. The average Bonchev–Trinajstić information content (AvgIpc) is 2.92. The number of hydrogen-bond donors (Lipinski definition) is 0. The van der Waals surface area contributed by atoms with Gasteiger partial charge in [-0.3, -0.25) is 9.69 Å². The Morgan fingerprint density at radius 3 is 2.75 bits per heavy atom. The first-order chi connectivity index (χ1) is 7.58. The third-order valence-corrected chi connectivity index (χ3v) is 3.34. The fourth-order valence-corrected chi connectivity index (χ4v) is 2.10. The van der Waals surface area contributed by atoms with Crippen LogP contribution in [0.3, 0.4) is 0 Å². The van der Waals surface area contributed by atoms with E-state index in [1.807, 2.05) is 13.8 Å². The third-order valence-electron chi connectivity index (χ3n) is 3.34. The summed E-state index contributed by atoms with van der Waals surface area (Å²) in [6, 6.07) is 0.0654. The molecule has 1 saturated heterocycles. The highest BCUT2D eigenvalue weighted by Crippen LogP contribution is 2.32. The molecule has 0 aromatic carbocycles. The first-order valence-corrected chi connectivity index (χ1v) is 6.03. The smallest absolute Gasteiger partial charge is 0.410 e. The lowest BCUT2D eigenvalue weighted by Gasteiger charge is -2.23. The molecule has 4 nitrogen and oxygen atoms in total. The summed E-state index contributed by atoms with van der Waals surface area (Å²) in [7, 11) is 0. The first kappa shape index (κ1) is 11.4. The predicted octanol–water partition coefficient (Wildman–Crippen LogP) is 1.83. The monoisotopic (exact) mass is 225 g/mol. The van der Waals surface area contributed by atoms with Crippen LogP contribution in [0.25, 0.3) is 0 Å². The summed E-state index contributed by atoms with van der Waals surface area (Å²) < 4.78 is 5.00. The Labute approximate surface area is 95.9 Å². The van der Waals surface area contributed by atoms with E-state index in [9.17, 15) is 9.59 Å². The van der Waals surface area contributed by atoms with E-state index in [2.05, 4.69) is 0 Å². The number of carbonyl (C=O) groups excluding carboxylic acids is 2. The van der Waals surface area contributed by atoms with E-state index in [1.165, 1.54) is 12.8 Å². The molecule has 1 heterocycles. The molecular formula is C12H19NO3. The van der Waals surface area contributed by atoms with Gasteiger partial charge in [-0.2, -0.15) is 0 Å². The molecule has 16 heavy (non-hydrogen) atoms. The maximum Gasteiger partial charge on any atom is 0.410 e. The van der Waals surface area contributed by atoms with Crippen molar-refractivity contribution in [1.82, 2.24) is 4.90 Å². The van der Waals surface area contributed by atoms with Crippen molar-refractivity contribution in [3.63, 3.8) is 0 Å². The molecule has 1 amide bonds. The molecule has 1 aliphatic carbocycles. The van der Waals surface area contributed by atoms with E-state index in [0.29, 0.717) is 24.9 Å². The van der Waals surface area contributed by atoms with E-state index < -0.39 is 0 Å². The Kier molecular flexibility index (Phi) is 3.17. The second-order valence-electron chi connectivity index (χ2n) is 5.20. The van der Waals surface area contributed by atoms with Gasteiger partial charge in [-0.1, -0.05) is 13.8 Å². The van der Waals surface area contributed by atoms with E-state index in [1.54, 1.807) is 4.90 Å². The van der Waals surface area contributed by atoms with Crippen LogP contribution in [0.15, 0.2) is 0 Å². The molecule has 1 aliphatic heterocycles. The molecule has 1 saturated carbocycles. The molecule has 0 aromatic heterocycles. The van der Waals surface area contributed by atoms with Gasteiger partial charge in [0.25, 0.3) is 0 Å². The summed E-state index contributed by atoms with van der Waals surface area (Å²) in [6.07, 6.45) is 2.64. The molecule has 0 bridgehead atoms. The van der Waals surface area contributed by atoms with Gasteiger partial charge in [0, 0.05) is 6.42 Å². The number of hydrogen-bond acceptors (Lipinski definition) is 3. The summed E-state index contributed by atoms with van der Waals surface area (Å²) in [5.41, 5.74) is 0. The van der Waals surface area contributed by atoms with Crippen LogP contribution in [0.5, 0.6) is 0 Å². The van der Waals surface area contributed by atoms with Crippen LogP contribution in [0, 0.1) is 11.8 Å². The topological polar surface area (TPSA) is 46.6 Å². The fraction of sp³-hybridized carbons (Fsp3) is 0.833. The number of ketones is 1. The van der Waals surface area contributed by atoms with E-state index in [0.717, 1.165) is 0 Å². The zero-order valence-electron chi connectivity index (χ0n) is 9.94. The van der Waals surface area contributed by atoms with Crippen molar-refractivity contribution in [2.45, 2.75) is 39.2 Å². The number of cyclic esters (lactones) is 1. The van der Waals surface area contributed by atoms with Crippen molar-refractivity contribution in [2.24, 2.45) is 11.8 Å². The molecule has 4 heteroatoms. The highest BCUT2D eigenvalue weighted by molar-refractivity contribution is 5.85. The number of nitrogens with zero attached hydrogens (tertiary/aromatic N) is 1. The van der Waals surface area contributed by atoms with Crippen molar-refractivity contribution < 1.29 is 14.3 Å². The van der Waals surface area contributed by atoms with Gasteiger partial charge in [0.05, 0.1) is 12.6 Å². The maximum atomic E-state index is 11.7. The minimum absolute atomic E-state index is 0.0654. The highest BCUT2D eigenvalue weighted by atomic mass is 16.6. The van der Waals surface area contributed by atoms with Crippen LogP contribution in [0.2, 0.25) is 0 Å². The molecule has 0 radical (unpaired) electrons. The van der Waals surface area contributed by atoms with Gasteiger partial charge in [0.1, 0.15) is 6.61 Å². The minimum Gasteiger partial charge on any atom is -0.447 e. The zero-order chi connectivity index (χ0) is 11.7. The quantitative estimate of drug-likeness (QED) is 0.717. The molecule has 0 spiro atoms. The molecule has 2 rings (SSSR count). The standard InChI is InChI=1S/C12H19NO3/c1-8(2)11-7-16-12(15)13(11)6-10(14)5-9-3-4-9/h8-9,11H,3-7H2,1-2H3/t11-/m1/s1. The summed E-state index contributed by atoms with van der Waals surface area (Å²) in [4.78, 5) is 24.8. The summed E-state index contributed by atoms with van der Waals surface area (Å²) >= 11 is 0. The molecule has 0 N–H and O–H groups in total. The number of ether oxygens (including phenoxy) is 1. The maximum absolute atomic E-state index is 11.7. The van der Waals surface area contributed by atoms with Crippen LogP contribution in [-0.2, 0) is 9.53 Å². The van der Waals surface area contributed by atoms with Gasteiger partial charge < -0.3 is 4.74 Å². The van der Waals surface area contributed by atoms with E-state index in [4.69, 9.17) is 4.74 Å². The van der Waals surface area contributed by atoms with Gasteiger partial charge in [-0.05, 0) is 24.7 Å². The number of carbonyl (C=O) groups is 2. The Morgan fingerprint density at radius 1 is 1.50 bits per heavy atom. The minimum atomic E-state index is -0.331. The van der Waals surface area contributed by atoms with Crippen molar-refractivity contribution in [3.8, 4) is 0 Å². The van der Waals surface area contributed by atoms with Crippen LogP contribution in [0.1, 0.15) is 33.1 Å². The molecule has 2 aliphatic rings. The van der Waals surface area contributed by atoms with Gasteiger partial charge in [0.2, 0.25) is 0 Å². The number of rotatable bonds is 5. The fourth-order valence-electron chi connectivity index (χ4n) is 2.10. The van der Waals surface area contributed by atoms with Crippen LogP contribution >= 0.6 is 0 Å². The molecule has 0 aromatic rings. The Balaban J connectivity index is 1.89. The number of amides is 1. The van der Waals surface area contributed by atoms with Crippen LogP contribution < -0.4 is 0 Å². The van der Waals surface area contributed by atoms with Crippen molar-refractivity contribution in [1.29, 1.82) is 0 Å². The third kappa shape index (κ3) is 2.54.